The second kappa shape index (κ2) is 6.80. The smallest absolute Gasteiger partial charge is 0.203 e. The normalized spacial score (nSPS) is 10.7. The minimum Gasteiger partial charge on any atom is -0.493 e. The first kappa shape index (κ1) is 15.6. The highest BCUT2D eigenvalue weighted by Crippen LogP contribution is 2.38. The summed E-state index contributed by atoms with van der Waals surface area (Å²) in [5.74, 6) is 1.18. The summed E-state index contributed by atoms with van der Waals surface area (Å²) in [7, 11) is 6.36. The maximum absolute atomic E-state index is 12.3. The van der Waals surface area contributed by atoms with Gasteiger partial charge in [0, 0.05) is 24.4 Å². The molecule has 0 spiro atoms. The molecule has 2 aromatic rings. The Morgan fingerprint density at radius 2 is 1.77 bits per heavy atom. The minimum absolute atomic E-state index is 0.164. The minimum atomic E-state index is -0.164. The van der Waals surface area contributed by atoms with Crippen LogP contribution in [0.4, 0.5) is 0 Å². The van der Waals surface area contributed by atoms with E-state index in [2.05, 4.69) is 5.10 Å². The largest absolute Gasteiger partial charge is 0.493 e. The second-order valence-corrected chi connectivity index (χ2v) is 4.56. The number of rotatable bonds is 6. The zero-order chi connectivity index (χ0) is 16.1. The second-order valence-electron chi connectivity index (χ2n) is 4.56. The highest BCUT2D eigenvalue weighted by molar-refractivity contribution is 6.07. The van der Waals surface area contributed by atoms with Crippen molar-refractivity contribution in [1.29, 1.82) is 0 Å². The topological polar surface area (TPSA) is 62.6 Å². The van der Waals surface area contributed by atoms with Crippen molar-refractivity contribution in [3.8, 4) is 17.2 Å². The van der Waals surface area contributed by atoms with Crippen LogP contribution >= 0.6 is 0 Å². The quantitative estimate of drug-likeness (QED) is 0.605. The molecule has 0 amide bonds. The van der Waals surface area contributed by atoms with Crippen LogP contribution in [0.3, 0.4) is 0 Å². The van der Waals surface area contributed by atoms with Gasteiger partial charge in [0.2, 0.25) is 5.75 Å². The molecule has 1 aromatic heterocycles. The van der Waals surface area contributed by atoms with E-state index in [1.807, 2.05) is 13.2 Å². The van der Waals surface area contributed by atoms with Crippen LogP contribution in [0.25, 0.3) is 6.08 Å². The molecule has 0 unspecified atom stereocenters. The van der Waals surface area contributed by atoms with E-state index in [0.29, 0.717) is 22.8 Å². The molecule has 0 radical (unpaired) electrons. The van der Waals surface area contributed by atoms with Gasteiger partial charge >= 0.3 is 0 Å². The summed E-state index contributed by atoms with van der Waals surface area (Å²) in [6.07, 6.45) is 6.69. The molecule has 0 N–H and O–H groups in total. The van der Waals surface area contributed by atoms with E-state index in [4.69, 9.17) is 14.2 Å². The van der Waals surface area contributed by atoms with Crippen molar-refractivity contribution >= 4 is 11.9 Å². The monoisotopic (exact) mass is 302 g/mol. The summed E-state index contributed by atoms with van der Waals surface area (Å²) >= 11 is 0. The lowest BCUT2D eigenvalue weighted by Gasteiger charge is -2.13. The van der Waals surface area contributed by atoms with Gasteiger partial charge in [0.1, 0.15) is 0 Å². The number of allylic oxidation sites excluding steroid dienone is 1. The molecule has 0 saturated heterocycles. The summed E-state index contributed by atoms with van der Waals surface area (Å²) in [6, 6.07) is 3.24. The predicted molar refractivity (Wildman–Crippen MR) is 82.7 cm³/mol. The first-order valence-electron chi connectivity index (χ1n) is 6.60. The number of carbonyl (C=O) groups is 1. The van der Waals surface area contributed by atoms with Crippen molar-refractivity contribution in [1.82, 2.24) is 9.78 Å². The lowest BCUT2D eigenvalue weighted by atomic mass is 10.1. The Bertz CT molecular complexity index is 679. The predicted octanol–water partition coefficient (Wildman–Crippen LogP) is 2.34. The fourth-order valence-electron chi connectivity index (χ4n) is 2.02. The Labute approximate surface area is 128 Å². The molecule has 1 heterocycles. The molecule has 116 valence electrons. The first-order chi connectivity index (χ1) is 10.6. The van der Waals surface area contributed by atoms with Gasteiger partial charge in [-0.15, -0.1) is 0 Å². The van der Waals surface area contributed by atoms with Gasteiger partial charge in [0.25, 0.3) is 0 Å². The van der Waals surface area contributed by atoms with Crippen LogP contribution in [0.2, 0.25) is 0 Å². The van der Waals surface area contributed by atoms with Crippen molar-refractivity contribution in [3.63, 3.8) is 0 Å². The lowest BCUT2D eigenvalue weighted by Crippen LogP contribution is -2.00. The average Bonchev–Trinajstić information content (AvgIpc) is 2.96. The molecule has 0 fully saturated rings. The fourth-order valence-corrected chi connectivity index (χ4v) is 2.02. The van der Waals surface area contributed by atoms with Crippen molar-refractivity contribution in [2.24, 2.45) is 7.05 Å². The Balaban J connectivity index is 2.31. The molecule has 6 heteroatoms. The maximum atomic E-state index is 12.3. The van der Waals surface area contributed by atoms with E-state index < -0.39 is 0 Å². The van der Waals surface area contributed by atoms with Gasteiger partial charge in [-0.25, -0.2) is 0 Å². The van der Waals surface area contributed by atoms with Gasteiger partial charge in [0.15, 0.2) is 17.3 Å². The van der Waals surface area contributed by atoms with Gasteiger partial charge in [-0.1, -0.05) is 0 Å². The molecule has 2 rings (SSSR count). The van der Waals surface area contributed by atoms with Crippen molar-refractivity contribution in [3.05, 3.63) is 41.7 Å². The summed E-state index contributed by atoms with van der Waals surface area (Å²) in [5, 5.41) is 4.04. The number of aryl methyl sites for hydroxylation is 1. The number of nitrogens with zero attached hydrogens (tertiary/aromatic N) is 2. The van der Waals surface area contributed by atoms with E-state index in [1.165, 1.54) is 27.4 Å². The lowest BCUT2D eigenvalue weighted by molar-refractivity contribution is 0.104. The highest BCUT2D eigenvalue weighted by Gasteiger charge is 2.15. The van der Waals surface area contributed by atoms with Crippen LogP contribution in [-0.2, 0) is 7.05 Å². The highest BCUT2D eigenvalue weighted by atomic mass is 16.5. The SMILES string of the molecule is COc1cc(C(=O)C=Cc2cnn(C)c2)cc(OC)c1OC. The van der Waals surface area contributed by atoms with Crippen LogP contribution in [0, 0.1) is 0 Å². The molecule has 0 aliphatic rings. The zero-order valence-corrected chi connectivity index (χ0v) is 13.0. The number of ketones is 1. The van der Waals surface area contributed by atoms with Gasteiger partial charge in [0.05, 0.1) is 27.5 Å². The van der Waals surface area contributed by atoms with Crippen molar-refractivity contribution in [2.75, 3.05) is 21.3 Å². The zero-order valence-electron chi connectivity index (χ0n) is 13.0. The molecular weight excluding hydrogens is 284 g/mol. The Kier molecular flexibility index (Phi) is 4.83. The molecule has 0 saturated carbocycles. The van der Waals surface area contributed by atoms with Crippen LogP contribution in [0.1, 0.15) is 15.9 Å². The third-order valence-electron chi connectivity index (χ3n) is 3.10. The maximum Gasteiger partial charge on any atom is 0.203 e. The van der Waals surface area contributed by atoms with Gasteiger partial charge in [-0.2, -0.15) is 5.10 Å². The van der Waals surface area contributed by atoms with Crippen LogP contribution in [0.5, 0.6) is 17.2 Å². The first-order valence-corrected chi connectivity index (χ1v) is 6.60. The fraction of sp³-hybridized carbons (Fsp3) is 0.250. The third kappa shape index (κ3) is 3.28. The Morgan fingerprint density at radius 3 is 2.23 bits per heavy atom. The van der Waals surface area contributed by atoms with Crippen LogP contribution in [-0.4, -0.2) is 36.9 Å². The standard InChI is InChI=1S/C16H18N2O4/c1-18-10-11(9-17-18)5-6-13(19)12-7-14(20-2)16(22-4)15(8-12)21-3/h5-10H,1-4H3. The summed E-state index contributed by atoms with van der Waals surface area (Å²) < 4.78 is 17.4. The molecular formula is C16H18N2O4. The van der Waals surface area contributed by atoms with E-state index in [-0.39, 0.29) is 5.78 Å². The van der Waals surface area contributed by atoms with Crippen molar-refractivity contribution in [2.45, 2.75) is 0 Å². The molecule has 0 atom stereocenters. The molecule has 0 aliphatic heterocycles. The van der Waals surface area contributed by atoms with E-state index >= 15 is 0 Å². The summed E-state index contributed by atoms with van der Waals surface area (Å²) in [5.41, 5.74) is 1.30. The van der Waals surface area contributed by atoms with Crippen LogP contribution in [0.15, 0.2) is 30.6 Å². The average molecular weight is 302 g/mol. The van der Waals surface area contributed by atoms with E-state index in [0.717, 1.165) is 5.56 Å². The third-order valence-corrected chi connectivity index (χ3v) is 3.10. The number of carbonyl (C=O) groups excluding carboxylic acids is 1. The number of ether oxygens (including phenoxy) is 3. The van der Waals surface area contributed by atoms with E-state index in [9.17, 15) is 4.79 Å². The molecule has 6 nitrogen and oxygen atoms in total. The molecule has 0 bridgehead atoms. The molecule has 22 heavy (non-hydrogen) atoms. The van der Waals surface area contributed by atoms with Gasteiger partial charge < -0.3 is 14.2 Å². The summed E-state index contributed by atoms with van der Waals surface area (Å²) in [4.78, 5) is 12.3. The number of benzene rings is 1. The number of hydrogen-bond donors (Lipinski definition) is 0. The summed E-state index contributed by atoms with van der Waals surface area (Å²) in [6.45, 7) is 0. The Hall–Kier alpha value is -2.76. The number of aromatic nitrogens is 2. The van der Waals surface area contributed by atoms with Crippen molar-refractivity contribution < 1.29 is 19.0 Å². The van der Waals surface area contributed by atoms with Gasteiger partial charge in [-0.05, 0) is 24.3 Å². The number of hydrogen-bond acceptors (Lipinski definition) is 5. The van der Waals surface area contributed by atoms with Crippen LogP contribution < -0.4 is 14.2 Å². The Morgan fingerprint density at radius 1 is 1.14 bits per heavy atom. The van der Waals surface area contributed by atoms with E-state index in [1.54, 1.807) is 29.1 Å². The number of methoxy groups -OCH3 is 3. The molecule has 1 aromatic carbocycles. The van der Waals surface area contributed by atoms with Gasteiger partial charge in [-0.3, -0.25) is 9.48 Å². The molecule has 0 aliphatic carbocycles.